The number of nitrogens with zero attached hydrogens (tertiary/aromatic N) is 1. The lowest BCUT2D eigenvalue weighted by atomic mass is 10.1. The maximum atomic E-state index is 11.9. The molecule has 0 bridgehead atoms. The number of carbonyl (C=O) groups excluding carboxylic acids is 1. The van der Waals surface area contributed by atoms with Crippen LogP contribution in [0.3, 0.4) is 0 Å². The highest BCUT2D eigenvalue weighted by atomic mass is 32.1. The number of pyridine rings is 1. The first kappa shape index (κ1) is 12.0. The van der Waals surface area contributed by atoms with E-state index in [0.717, 1.165) is 15.9 Å². The van der Waals surface area contributed by atoms with E-state index in [2.05, 4.69) is 24.1 Å². The molecule has 4 heteroatoms. The number of amides is 1. The number of aromatic nitrogens is 1. The molecule has 2 aromatic rings. The number of rotatable bonds is 2. The molecule has 0 aromatic carbocycles. The second kappa shape index (κ2) is 4.45. The molecule has 0 spiro atoms. The van der Waals surface area contributed by atoms with Gasteiger partial charge in [0.2, 0.25) is 0 Å². The topological polar surface area (TPSA) is 42.0 Å². The lowest BCUT2D eigenvalue weighted by Gasteiger charge is -2.06. The monoisotopic (exact) mass is 248 g/mol. The number of carbonyl (C=O) groups is 1. The summed E-state index contributed by atoms with van der Waals surface area (Å²) in [6.45, 7) is 8.70. The van der Waals surface area contributed by atoms with Gasteiger partial charge in [0.15, 0.2) is 0 Å². The Morgan fingerprint density at radius 3 is 2.71 bits per heavy atom. The minimum atomic E-state index is -0.0334. The van der Waals surface area contributed by atoms with E-state index >= 15 is 0 Å². The summed E-state index contributed by atoms with van der Waals surface area (Å²) >= 11 is 1.59. The van der Waals surface area contributed by atoms with E-state index in [4.69, 9.17) is 0 Å². The van der Waals surface area contributed by atoms with Crippen LogP contribution in [0.25, 0.3) is 10.2 Å². The first-order valence-corrected chi connectivity index (χ1v) is 6.57. The Bertz CT molecular complexity index is 587. The first-order valence-electron chi connectivity index (χ1n) is 5.69. The fourth-order valence-corrected chi connectivity index (χ4v) is 2.89. The second-order valence-corrected chi connectivity index (χ2v) is 5.01. The third kappa shape index (κ3) is 1.93. The summed E-state index contributed by atoms with van der Waals surface area (Å²) in [6, 6.07) is 0. The second-order valence-electron chi connectivity index (χ2n) is 4.13. The van der Waals surface area contributed by atoms with Crippen LogP contribution >= 0.6 is 11.3 Å². The summed E-state index contributed by atoms with van der Waals surface area (Å²) in [5.74, 6) is -0.0334. The molecule has 3 nitrogen and oxygen atoms in total. The van der Waals surface area contributed by atoms with Crippen molar-refractivity contribution in [1.82, 2.24) is 10.3 Å². The summed E-state index contributed by atoms with van der Waals surface area (Å²) in [4.78, 5) is 16.4. The van der Waals surface area contributed by atoms with Crippen LogP contribution < -0.4 is 5.32 Å². The van der Waals surface area contributed by atoms with E-state index in [0.29, 0.717) is 12.1 Å². The van der Waals surface area contributed by atoms with Crippen LogP contribution in [0.4, 0.5) is 0 Å². The average molecular weight is 248 g/mol. The Balaban J connectivity index is 2.65. The van der Waals surface area contributed by atoms with Crippen LogP contribution in [0.5, 0.6) is 0 Å². The lowest BCUT2D eigenvalue weighted by molar-refractivity contribution is 0.0957. The van der Waals surface area contributed by atoms with Gasteiger partial charge in [0.1, 0.15) is 0 Å². The van der Waals surface area contributed by atoms with Crippen molar-refractivity contribution in [2.45, 2.75) is 27.7 Å². The van der Waals surface area contributed by atoms with Crippen LogP contribution in [0.15, 0.2) is 5.38 Å². The first-order chi connectivity index (χ1) is 8.06. The summed E-state index contributed by atoms with van der Waals surface area (Å²) in [5, 5.41) is 4.72. The van der Waals surface area contributed by atoms with E-state index in [1.165, 1.54) is 11.1 Å². The molecular formula is C13H16N2OS. The van der Waals surface area contributed by atoms with Crippen molar-refractivity contribution < 1.29 is 4.79 Å². The predicted octanol–water partition coefficient (Wildman–Crippen LogP) is 2.97. The largest absolute Gasteiger partial charge is 0.352 e. The number of thiophene rings is 1. The summed E-state index contributed by atoms with van der Waals surface area (Å²) < 4.78 is 1.12. The molecule has 0 fully saturated rings. The van der Waals surface area contributed by atoms with Crippen LogP contribution in [-0.4, -0.2) is 17.4 Å². The van der Waals surface area contributed by atoms with Gasteiger partial charge in [-0.25, -0.2) is 0 Å². The van der Waals surface area contributed by atoms with Crippen molar-refractivity contribution in [2.75, 3.05) is 6.54 Å². The smallest absolute Gasteiger partial charge is 0.254 e. The maximum absolute atomic E-state index is 11.9. The molecule has 2 rings (SSSR count). The van der Waals surface area contributed by atoms with Gasteiger partial charge < -0.3 is 5.32 Å². The molecule has 0 unspecified atom stereocenters. The fourth-order valence-electron chi connectivity index (χ4n) is 1.84. The van der Waals surface area contributed by atoms with Gasteiger partial charge in [0.05, 0.1) is 15.8 Å². The average Bonchev–Trinajstić information content (AvgIpc) is 2.70. The molecule has 0 saturated carbocycles. The Hall–Kier alpha value is -1.42. The maximum Gasteiger partial charge on any atom is 0.254 e. The number of fused-ring (bicyclic) bond motifs is 1. The van der Waals surface area contributed by atoms with Gasteiger partial charge >= 0.3 is 0 Å². The summed E-state index contributed by atoms with van der Waals surface area (Å²) in [6.07, 6.45) is 0. The van der Waals surface area contributed by atoms with Crippen molar-refractivity contribution >= 4 is 27.5 Å². The molecule has 0 aliphatic carbocycles. The van der Waals surface area contributed by atoms with Crippen molar-refractivity contribution in [2.24, 2.45) is 0 Å². The van der Waals surface area contributed by atoms with Gasteiger partial charge in [-0.2, -0.15) is 0 Å². The molecular weight excluding hydrogens is 232 g/mol. The molecule has 17 heavy (non-hydrogen) atoms. The molecule has 2 heterocycles. The van der Waals surface area contributed by atoms with Gasteiger partial charge in [-0.15, -0.1) is 11.3 Å². The zero-order valence-electron chi connectivity index (χ0n) is 10.5. The van der Waals surface area contributed by atoms with E-state index < -0.39 is 0 Å². The Kier molecular flexibility index (Phi) is 3.15. The Labute approximate surface area is 105 Å². The van der Waals surface area contributed by atoms with Crippen LogP contribution in [0.2, 0.25) is 0 Å². The number of aryl methyl sites for hydroxylation is 2. The normalized spacial score (nSPS) is 10.8. The van der Waals surface area contributed by atoms with Crippen molar-refractivity contribution in [1.29, 1.82) is 0 Å². The van der Waals surface area contributed by atoms with Crippen LogP contribution in [0, 0.1) is 20.8 Å². The van der Waals surface area contributed by atoms with Crippen LogP contribution in [-0.2, 0) is 0 Å². The standard InChI is InChI=1S/C13H16N2OS/c1-5-14-13(16)10-6-17-12-8(3)7(2)9(4)15-11(10)12/h6H,5H2,1-4H3,(H,14,16). The molecule has 2 aromatic heterocycles. The molecule has 1 N–H and O–H groups in total. The van der Waals surface area contributed by atoms with Crippen molar-refractivity contribution in [3.8, 4) is 0 Å². The molecule has 0 aliphatic heterocycles. The molecule has 0 radical (unpaired) electrons. The molecule has 0 saturated heterocycles. The number of hydrogen-bond acceptors (Lipinski definition) is 3. The van der Waals surface area contributed by atoms with E-state index in [1.807, 2.05) is 19.2 Å². The quantitative estimate of drug-likeness (QED) is 0.887. The van der Waals surface area contributed by atoms with Gasteiger partial charge in [-0.05, 0) is 38.8 Å². The van der Waals surface area contributed by atoms with Gasteiger partial charge in [-0.1, -0.05) is 0 Å². The Morgan fingerprint density at radius 1 is 1.35 bits per heavy atom. The zero-order valence-corrected chi connectivity index (χ0v) is 11.4. The van der Waals surface area contributed by atoms with Crippen molar-refractivity contribution in [3.63, 3.8) is 0 Å². The highest BCUT2D eigenvalue weighted by Gasteiger charge is 2.16. The lowest BCUT2D eigenvalue weighted by Crippen LogP contribution is -2.22. The highest BCUT2D eigenvalue weighted by molar-refractivity contribution is 7.17. The summed E-state index contributed by atoms with van der Waals surface area (Å²) in [7, 11) is 0. The van der Waals surface area contributed by atoms with Gasteiger partial charge in [0.25, 0.3) is 5.91 Å². The molecule has 90 valence electrons. The minimum absolute atomic E-state index is 0.0334. The minimum Gasteiger partial charge on any atom is -0.352 e. The Morgan fingerprint density at radius 2 is 2.06 bits per heavy atom. The van der Waals surface area contributed by atoms with Crippen molar-refractivity contribution in [3.05, 3.63) is 27.8 Å². The molecule has 0 atom stereocenters. The predicted molar refractivity (Wildman–Crippen MR) is 71.8 cm³/mol. The molecule has 0 aliphatic rings. The van der Waals surface area contributed by atoms with Gasteiger partial charge in [0, 0.05) is 17.6 Å². The zero-order chi connectivity index (χ0) is 12.6. The number of hydrogen-bond donors (Lipinski definition) is 1. The highest BCUT2D eigenvalue weighted by Crippen LogP contribution is 2.30. The van der Waals surface area contributed by atoms with E-state index in [-0.39, 0.29) is 5.91 Å². The van der Waals surface area contributed by atoms with Crippen LogP contribution in [0.1, 0.15) is 34.1 Å². The van der Waals surface area contributed by atoms with E-state index in [9.17, 15) is 4.79 Å². The third-order valence-corrected chi connectivity index (χ3v) is 4.16. The molecule has 1 amide bonds. The SMILES string of the molecule is CCNC(=O)c1csc2c(C)c(C)c(C)nc12. The van der Waals surface area contributed by atoms with E-state index in [1.54, 1.807) is 11.3 Å². The summed E-state index contributed by atoms with van der Waals surface area (Å²) in [5.41, 5.74) is 4.97. The van der Waals surface area contributed by atoms with Gasteiger partial charge in [-0.3, -0.25) is 9.78 Å². The number of nitrogens with one attached hydrogen (secondary N) is 1. The third-order valence-electron chi connectivity index (χ3n) is 3.07. The fraction of sp³-hybridized carbons (Fsp3) is 0.385.